The second-order valence-electron chi connectivity index (χ2n) is 2.55. The lowest BCUT2D eigenvalue weighted by Gasteiger charge is -2.26. The van der Waals surface area contributed by atoms with Gasteiger partial charge in [0.15, 0.2) is 0 Å². The van der Waals surface area contributed by atoms with Crippen LogP contribution in [0, 0.1) is 0 Å². The van der Waals surface area contributed by atoms with E-state index in [1.54, 1.807) is 0 Å². The molecule has 0 saturated heterocycles. The Kier molecular flexibility index (Phi) is 5.64. The zero-order valence-electron chi connectivity index (χ0n) is 7.65. The SMILES string of the molecule is CCNC(CC)N(C)CC. The molecule has 0 bridgehead atoms. The van der Waals surface area contributed by atoms with E-state index in [0.717, 1.165) is 13.1 Å². The highest BCUT2D eigenvalue weighted by atomic mass is 15.2. The first-order chi connectivity index (χ1) is 4.76. The van der Waals surface area contributed by atoms with Gasteiger partial charge in [-0.05, 0) is 26.6 Å². The Hall–Kier alpha value is -0.0800. The Bertz CT molecular complexity index is 73.7. The van der Waals surface area contributed by atoms with Crippen molar-refractivity contribution in [2.75, 3.05) is 20.1 Å². The smallest absolute Gasteiger partial charge is 0.0591 e. The first kappa shape index (κ1) is 9.92. The van der Waals surface area contributed by atoms with Crippen LogP contribution in [0.25, 0.3) is 0 Å². The zero-order valence-corrected chi connectivity index (χ0v) is 7.65. The topological polar surface area (TPSA) is 15.3 Å². The summed E-state index contributed by atoms with van der Waals surface area (Å²) >= 11 is 0. The summed E-state index contributed by atoms with van der Waals surface area (Å²) in [6, 6.07) is 0. The van der Waals surface area contributed by atoms with Crippen LogP contribution in [-0.4, -0.2) is 31.2 Å². The van der Waals surface area contributed by atoms with Crippen molar-refractivity contribution in [2.24, 2.45) is 0 Å². The molecule has 0 rings (SSSR count). The Morgan fingerprint density at radius 2 is 1.90 bits per heavy atom. The van der Waals surface area contributed by atoms with Crippen molar-refractivity contribution in [1.82, 2.24) is 10.2 Å². The predicted molar refractivity (Wildman–Crippen MR) is 46.1 cm³/mol. The van der Waals surface area contributed by atoms with Gasteiger partial charge in [0.05, 0.1) is 6.17 Å². The molecule has 1 N–H and O–H groups in total. The summed E-state index contributed by atoms with van der Waals surface area (Å²) < 4.78 is 0. The Labute approximate surface area is 64.6 Å². The van der Waals surface area contributed by atoms with Crippen LogP contribution in [0.15, 0.2) is 0 Å². The molecular weight excluding hydrogens is 124 g/mol. The summed E-state index contributed by atoms with van der Waals surface area (Å²) in [5, 5.41) is 3.41. The molecule has 0 aromatic heterocycles. The molecule has 62 valence electrons. The van der Waals surface area contributed by atoms with Crippen LogP contribution in [0.3, 0.4) is 0 Å². The zero-order chi connectivity index (χ0) is 7.98. The summed E-state index contributed by atoms with van der Waals surface area (Å²) in [6.07, 6.45) is 1.74. The first-order valence-corrected chi connectivity index (χ1v) is 4.19. The van der Waals surface area contributed by atoms with Crippen LogP contribution in [0.1, 0.15) is 27.2 Å². The molecule has 0 aromatic carbocycles. The molecule has 0 aliphatic carbocycles. The van der Waals surface area contributed by atoms with E-state index in [9.17, 15) is 0 Å². The highest BCUT2D eigenvalue weighted by Gasteiger charge is 2.07. The molecular formula is C8H20N2. The van der Waals surface area contributed by atoms with Crippen LogP contribution < -0.4 is 5.32 Å². The van der Waals surface area contributed by atoms with Gasteiger partial charge in [-0.3, -0.25) is 4.90 Å². The second kappa shape index (κ2) is 5.69. The molecule has 1 unspecified atom stereocenters. The van der Waals surface area contributed by atoms with Gasteiger partial charge < -0.3 is 5.32 Å². The van der Waals surface area contributed by atoms with Gasteiger partial charge in [-0.25, -0.2) is 0 Å². The minimum atomic E-state index is 0.565. The summed E-state index contributed by atoms with van der Waals surface area (Å²) in [5.41, 5.74) is 0. The van der Waals surface area contributed by atoms with Crippen molar-refractivity contribution in [1.29, 1.82) is 0 Å². The Morgan fingerprint density at radius 3 is 2.20 bits per heavy atom. The molecule has 2 heteroatoms. The number of nitrogens with zero attached hydrogens (tertiary/aromatic N) is 1. The van der Waals surface area contributed by atoms with Crippen molar-refractivity contribution in [3.63, 3.8) is 0 Å². The van der Waals surface area contributed by atoms with Gasteiger partial charge >= 0.3 is 0 Å². The lowest BCUT2D eigenvalue weighted by Crippen LogP contribution is -2.42. The number of rotatable bonds is 5. The van der Waals surface area contributed by atoms with Gasteiger partial charge in [0.1, 0.15) is 0 Å². The van der Waals surface area contributed by atoms with E-state index in [-0.39, 0.29) is 0 Å². The molecule has 0 heterocycles. The normalized spacial score (nSPS) is 14.1. The van der Waals surface area contributed by atoms with Crippen LogP contribution >= 0.6 is 0 Å². The van der Waals surface area contributed by atoms with Gasteiger partial charge in [0, 0.05) is 0 Å². The highest BCUT2D eigenvalue weighted by Crippen LogP contribution is 1.95. The van der Waals surface area contributed by atoms with E-state index in [4.69, 9.17) is 0 Å². The number of hydrogen-bond acceptors (Lipinski definition) is 2. The highest BCUT2D eigenvalue weighted by molar-refractivity contribution is 4.61. The predicted octanol–water partition coefficient (Wildman–Crippen LogP) is 1.28. The second-order valence-corrected chi connectivity index (χ2v) is 2.55. The molecule has 1 atom stereocenters. The molecule has 0 fully saturated rings. The molecule has 0 aliphatic heterocycles. The monoisotopic (exact) mass is 144 g/mol. The average Bonchev–Trinajstić information content (AvgIpc) is 1.99. The van der Waals surface area contributed by atoms with Crippen molar-refractivity contribution in [2.45, 2.75) is 33.4 Å². The van der Waals surface area contributed by atoms with Gasteiger partial charge in [-0.15, -0.1) is 0 Å². The third-order valence-corrected chi connectivity index (χ3v) is 1.86. The molecule has 0 amide bonds. The van der Waals surface area contributed by atoms with E-state index < -0.39 is 0 Å². The molecule has 0 radical (unpaired) electrons. The summed E-state index contributed by atoms with van der Waals surface area (Å²) in [4.78, 5) is 2.32. The minimum Gasteiger partial charge on any atom is -0.302 e. The molecule has 2 nitrogen and oxygen atoms in total. The van der Waals surface area contributed by atoms with E-state index in [1.807, 2.05) is 0 Å². The number of nitrogens with one attached hydrogen (secondary N) is 1. The Morgan fingerprint density at radius 1 is 1.30 bits per heavy atom. The average molecular weight is 144 g/mol. The first-order valence-electron chi connectivity index (χ1n) is 4.19. The van der Waals surface area contributed by atoms with E-state index in [1.165, 1.54) is 6.42 Å². The van der Waals surface area contributed by atoms with E-state index in [2.05, 4.69) is 38.0 Å². The van der Waals surface area contributed by atoms with Crippen LogP contribution in [0.2, 0.25) is 0 Å². The quantitative estimate of drug-likeness (QED) is 0.585. The maximum atomic E-state index is 3.41. The Balaban J connectivity index is 3.56. The fourth-order valence-electron chi connectivity index (χ4n) is 1.07. The third-order valence-electron chi connectivity index (χ3n) is 1.86. The fourth-order valence-corrected chi connectivity index (χ4v) is 1.07. The van der Waals surface area contributed by atoms with Crippen molar-refractivity contribution < 1.29 is 0 Å². The van der Waals surface area contributed by atoms with Crippen LogP contribution in [0.4, 0.5) is 0 Å². The third kappa shape index (κ3) is 3.18. The van der Waals surface area contributed by atoms with Crippen LogP contribution in [0.5, 0.6) is 0 Å². The largest absolute Gasteiger partial charge is 0.302 e. The maximum Gasteiger partial charge on any atom is 0.0591 e. The standard InChI is InChI=1S/C8H20N2/c1-5-8(9-6-2)10(4)7-3/h8-9H,5-7H2,1-4H3. The molecule has 0 saturated carbocycles. The van der Waals surface area contributed by atoms with Gasteiger partial charge in [-0.2, -0.15) is 0 Å². The van der Waals surface area contributed by atoms with E-state index >= 15 is 0 Å². The van der Waals surface area contributed by atoms with Crippen LogP contribution in [-0.2, 0) is 0 Å². The van der Waals surface area contributed by atoms with Crippen molar-refractivity contribution in [3.05, 3.63) is 0 Å². The summed E-state index contributed by atoms with van der Waals surface area (Å²) in [5.74, 6) is 0. The molecule has 0 aliphatic rings. The van der Waals surface area contributed by atoms with Crippen molar-refractivity contribution >= 4 is 0 Å². The van der Waals surface area contributed by atoms with Gasteiger partial charge in [-0.1, -0.05) is 20.8 Å². The molecule has 10 heavy (non-hydrogen) atoms. The molecule has 0 aromatic rings. The van der Waals surface area contributed by atoms with E-state index in [0.29, 0.717) is 6.17 Å². The lowest BCUT2D eigenvalue weighted by molar-refractivity contribution is 0.210. The minimum absolute atomic E-state index is 0.565. The number of hydrogen-bond donors (Lipinski definition) is 1. The molecule has 0 spiro atoms. The fraction of sp³-hybridized carbons (Fsp3) is 1.00. The maximum absolute atomic E-state index is 3.41. The van der Waals surface area contributed by atoms with Crippen molar-refractivity contribution in [3.8, 4) is 0 Å². The summed E-state index contributed by atoms with van der Waals surface area (Å²) in [7, 11) is 2.15. The lowest BCUT2D eigenvalue weighted by atomic mass is 10.3. The summed E-state index contributed by atoms with van der Waals surface area (Å²) in [6.45, 7) is 8.71. The van der Waals surface area contributed by atoms with Gasteiger partial charge in [0.25, 0.3) is 0 Å². The van der Waals surface area contributed by atoms with Gasteiger partial charge in [0.2, 0.25) is 0 Å².